The van der Waals surface area contributed by atoms with Gasteiger partial charge in [-0.25, -0.2) is 0 Å². The van der Waals surface area contributed by atoms with Gasteiger partial charge in [0.2, 0.25) is 0 Å². The summed E-state index contributed by atoms with van der Waals surface area (Å²) in [6.45, 7) is 0.655. The normalized spacial score (nSPS) is 21.7. The van der Waals surface area contributed by atoms with Gasteiger partial charge in [-0.1, -0.05) is 86.3 Å². The van der Waals surface area contributed by atoms with E-state index in [9.17, 15) is 19.8 Å². The molecule has 2 heterocycles. The van der Waals surface area contributed by atoms with Crippen LogP contribution in [0, 0.1) is 0 Å². The molecule has 0 aromatic heterocycles. The number of hydrogen-bond acceptors (Lipinski definition) is 6. The third-order valence-electron chi connectivity index (χ3n) is 6.51. The van der Waals surface area contributed by atoms with Gasteiger partial charge in [-0.15, -0.1) is 0 Å². The Morgan fingerprint density at radius 2 is 0.971 bits per heavy atom. The number of carbonyl (C=O) groups excluding carboxylic acids is 2. The molecule has 0 bridgehead atoms. The average Bonchev–Trinajstić information content (AvgIpc) is 3.77. The Morgan fingerprint density at radius 1 is 0.629 bits per heavy atom. The minimum absolute atomic E-state index is 0. The van der Waals surface area contributed by atoms with E-state index in [2.05, 4.69) is 24.3 Å². The van der Waals surface area contributed by atoms with Crippen LogP contribution in [-0.4, -0.2) is 74.1 Å². The van der Waals surface area contributed by atoms with E-state index in [-0.39, 0.29) is 37.7 Å². The van der Waals surface area contributed by atoms with Crippen LogP contribution in [0.25, 0.3) is 0 Å². The summed E-state index contributed by atoms with van der Waals surface area (Å²) in [5.41, 5.74) is 0.800. The van der Waals surface area contributed by atoms with Crippen molar-refractivity contribution in [3.63, 3.8) is 0 Å². The van der Waals surface area contributed by atoms with Crippen molar-refractivity contribution < 1.29 is 29.3 Å². The molecule has 2 atom stereocenters. The summed E-state index contributed by atoms with van der Waals surface area (Å²) in [6.07, 6.45) is 9.32. The van der Waals surface area contributed by atoms with Crippen LogP contribution in [0.2, 0.25) is 0 Å². The summed E-state index contributed by atoms with van der Waals surface area (Å²) in [4.78, 5) is 21.5. The Hall–Kier alpha value is -1.44. The second-order valence-corrected chi connectivity index (χ2v) is 9.23. The number of unbranched alkanes of at least 4 members (excludes halogenated alkanes) is 4. The molecule has 2 aromatic rings. The number of epoxide rings is 2. The minimum atomic E-state index is -1.06. The van der Waals surface area contributed by atoms with E-state index in [1.54, 1.807) is 0 Å². The van der Waals surface area contributed by atoms with Gasteiger partial charge in [0.05, 0.1) is 25.2 Å². The van der Waals surface area contributed by atoms with E-state index in [0.717, 1.165) is 51.4 Å². The molecule has 2 aromatic carbocycles. The molecular weight excluding hydrogens is 472 g/mol. The molecular formula is C28H34CaO6. The largest absolute Gasteiger partial charge is 2.00 e. The average molecular weight is 507 g/mol. The zero-order valence-corrected chi connectivity index (χ0v) is 22.6. The summed E-state index contributed by atoms with van der Waals surface area (Å²) >= 11 is 0. The molecule has 184 valence electrons. The van der Waals surface area contributed by atoms with Crippen molar-refractivity contribution in [3.8, 4) is 0 Å². The smallest absolute Gasteiger partial charge is 0.547 e. The van der Waals surface area contributed by atoms with Gasteiger partial charge in [0.15, 0.2) is 0 Å². The molecule has 2 aliphatic rings. The van der Waals surface area contributed by atoms with Crippen molar-refractivity contribution in [2.24, 2.45) is 0 Å². The maximum atomic E-state index is 10.7. The standard InChI is InChI=1S/2C14H18O3.Ca/c2*15-13(16)14(11-17-14)10-6-2-5-9-12-7-3-1-4-8-12;/h2*1,3-4,7-8H,2,5-6,9-11H2,(H,15,16);/q;;+2/p-2. The van der Waals surface area contributed by atoms with Crippen LogP contribution in [0.4, 0.5) is 0 Å². The van der Waals surface area contributed by atoms with Gasteiger partial charge in [-0.05, 0) is 49.7 Å². The predicted octanol–water partition coefficient (Wildman–Crippen LogP) is 2.24. The van der Waals surface area contributed by atoms with Gasteiger partial charge in [0, 0.05) is 0 Å². The van der Waals surface area contributed by atoms with E-state index in [1.165, 1.54) is 11.1 Å². The fourth-order valence-corrected chi connectivity index (χ4v) is 4.03. The van der Waals surface area contributed by atoms with Crippen LogP contribution in [0.1, 0.15) is 62.5 Å². The molecule has 0 saturated carbocycles. The summed E-state index contributed by atoms with van der Waals surface area (Å²) in [5.74, 6) is -2.11. The molecule has 6 nitrogen and oxygen atoms in total. The molecule has 4 rings (SSSR count). The Labute approximate surface area is 238 Å². The van der Waals surface area contributed by atoms with Crippen LogP contribution in [-0.2, 0) is 31.9 Å². The molecule has 0 spiro atoms. The number of ether oxygens (including phenoxy) is 2. The summed E-state index contributed by atoms with van der Waals surface area (Å²) in [7, 11) is 0. The van der Waals surface area contributed by atoms with Crippen LogP contribution in [0.3, 0.4) is 0 Å². The fourth-order valence-electron chi connectivity index (χ4n) is 4.03. The maximum Gasteiger partial charge on any atom is 2.00 e. The van der Waals surface area contributed by atoms with E-state index in [0.29, 0.717) is 26.1 Å². The van der Waals surface area contributed by atoms with Crippen LogP contribution in [0.5, 0.6) is 0 Å². The molecule has 2 fully saturated rings. The van der Waals surface area contributed by atoms with Gasteiger partial charge in [-0.2, -0.15) is 0 Å². The first kappa shape index (κ1) is 29.8. The molecule has 0 amide bonds. The number of aryl methyl sites for hydroxylation is 2. The monoisotopic (exact) mass is 506 g/mol. The summed E-state index contributed by atoms with van der Waals surface area (Å²) in [6, 6.07) is 20.7. The zero-order chi connectivity index (χ0) is 24.3. The molecule has 2 unspecified atom stereocenters. The van der Waals surface area contributed by atoms with Crippen LogP contribution in [0.15, 0.2) is 60.7 Å². The summed E-state index contributed by atoms with van der Waals surface area (Å²) < 4.78 is 9.92. The maximum absolute atomic E-state index is 10.7. The predicted molar refractivity (Wildman–Crippen MR) is 130 cm³/mol. The number of carboxylic acids is 2. The fraction of sp³-hybridized carbons (Fsp3) is 0.500. The molecule has 35 heavy (non-hydrogen) atoms. The molecule has 0 aliphatic carbocycles. The quantitative estimate of drug-likeness (QED) is 0.221. The topological polar surface area (TPSA) is 105 Å². The molecule has 7 heteroatoms. The van der Waals surface area contributed by atoms with E-state index >= 15 is 0 Å². The first-order valence-corrected chi connectivity index (χ1v) is 12.2. The molecule has 2 saturated heterocycles. The first-order valence-electron chi connectivity index (χ1n) is 12.2. The van der Waals surface area contributed by atoms with E-state index < -0.39 is 23.1 Å². The van der Waals surface area contributed by atoms with Gasteiger partial charge >= 0.3 is 37.7 Å². The number of carboxylic acid groups (broad SMARTS) is 2. The SMILES string of the molecule is O=C([O-])C1(CCCCCc2ccccc2)CO1.O=C([O-])C1(CCCCCc2ccccc2)CO1.[Ca+2]. The molecule has 0 radical (unpaired) electrons. The van der Waals surface area contributed by atoms with Crippen molar-refractivity contribution in [2.45, 2.75) is 75.4 Å². The Kier molecular flexibility index (Phi) is 12.7. The van der Waals surface area contributed by atoms with Crippen molar-refractivity contribution in [1.29, 1.82) is 0 Å². The third-order valence-corrected chi connectivity index (χ3v) is 6.51. The van der Waals surface area contributed by atoms with Crippen molar-refractivity contribution in [3.05, 3.63) is 71.8 Å². The van der Waals surface area contributed by atoms with Gasteiger partial charge in [-0.3, -0.25) is 0 Å². The Morgan fingerprint density at radius 3 is 1.26 bits per heavy atom. The van der Waals surface area contributed by atoms with E-state index in [4.69, 9.17) is 9.47 Å². The number of hydrogen-bond donors (Lipinski definition) is 0. The first-order chi connectivity index (χ1) is 16.5. The van der Waals surface area contributed by atoms with Gasteiger partial charge in [0.25, 0.3) is 0 Å². The second kappa shape index (κ2) is 15.0. The van der Waals surface area contributed by atoms with Gasteiger partial charge < -0.3 is 29.3 Å². The van der Waals surface area contributed by atoms with E-state index in [1.807, 2.05) is 36.4 Å². The number of benzene rings is 2. The van der Waals surface area contributed by atoms with Crippen molar-refractivity contribution in [2.75, 3.05) is 13.2 Å². The number of aliphatic carboxylic acids is 2. The van der Waals surface area contributed by atoms with Crippen molar-refractivity contribution >= 4 is 49.7 Å². The zero-order valence-electron chi connectivity index (χ0n) is 20.4. The van der Waals surface area contributed by atoms with Crippen molar-refractivity contribution in [1.82, 2.24) is 0 Å². The Balaban J connectivity index is 0.000000240. The Bertz CT molecular complexity index is 819. The van der Waals surface area contributed by atoms with Crippen LogP contribution < -0.4 is 10.2 Å². The van der Waals surface area contributed by atoms with Gasteiger partial charge in [0.1, 0.15) is 11.2 Å². The number of rotatable bonds is 14. The van der Waals surface area contributed by atoms with Crippen LogP contribution >= 0.6 is 0 Å². The summed E-state index contributed by atoms with van der Waals surface area (Å²) in [5, 5.41) is 21.5. The molecule has 2 aliphatic heterocycles. The molecule has 0 N–H and O–H groups in total. The third kappa shape index (κ3) is 10.2. The second-order valence-electron chi connectivity index (χ2n) is 9.23. The number of carbonyl (C=O) groups is 2. The minimum Gasteiger partial charge on any atom is -0.547 e.